The van der Waals surface area contributed by atoms with Crippen LogP contribution < -0.4 is 5.32 Å². The number of hydrogen-bond acceptors (Lipinski definition) is 2. The maximum atomic E-state index is 13.4. The number of likely N-dealkylation sites (N-methyl/N-ethyl adjacent to an activating group) is 1. The Balaban J connectivity index is 2.36. The van der Waals surface area contributed by atoms with Gasteiger partial charge < -0.3 is 10.3 Å². The summed E-state index contributed by atoms with van der Waals surface area (Å²) in [5.41, 5.74) is -0.574. The Morgan fingerprint density at radius 3 is 2.65 bits per heavy atom. The van der Waals surface area contributed by atoms with Crippen molar-refractivity contribution < 1.29 is 13.2 Å². The third-order valence-electron chi connectivity index (χ3n) is 3.67. The van der Waals surface area contributed by atoms with Crippen LogP contribution in [0.25, 0.3) is 10.9 Å². The lowest BCUT2D eigenvalue weighted by molar-refractivity contribution is -0.197. The summed E-state index contributed by atoms with van der Waals surface area (Å²) in [5.74, 6) is 0. The largest absolute Gasteiger partial charge is 0.406 e. The highest BCUT2D eigenvalue weighted by Crippen LogP contribution is 2.37. The van der Waals surface area contributed by atoms with E-state index >= 15 is 0 Å². The number of aromatic nitrogens is 2. The SMILES string of the molecule is CCCC(Cc1cc2ccncc2[nH]1)(NC)C(F)(F)F. The van der Waals surface area contributed by atoms with Gasteiger partial charge in [-0.3, -0.25) is 4.98 Å². The normalized spacial score (nSPS) is 15.4. The van der Waals surface area contributed by atoms with Crippen molar-refractivity contribution in [1.29, 1.82) is 0 Å². The van der Waals surface area contributed by atoms with E-state index in [1.54, 1.807) is 31.5 Å². The average molecular weight is 285 g/mol. The molecule has 1 atom stereocenters. The summed E-state index contributed by atoms with van der Waals surface area (Å²) in [6, 6.07) is 3.54. The minimum absolute atomic E-state index is 0.0423. The topological polar surface area (TPSA) is 40.7 Å². The molecule has 0 radical (unpaired) electrons. The Morgan fingerprint density at radius 1 is 1.35 bits per heavy atom. The molecule has 0 bridgehead atoms. The molecule has 0 amide bonds. The number of pyridine rings is 1. The molecular weight excluding hydrogens is 267 g/mol. The van der Waals surface area contributed by atoms with Gasteiger partial charge in [0.05, 0.1) is 11.7 Å². The lowest BCUT2D eigenvalue weighted by atomic mass is 9.87. The van der Waals surface area contributed by atoms with Gasteiger partial charge in [-0.1, -0.05) is 13.3 Å². The predicted octanol–water partition coefficient (Wildman–Crippen LogP) is 3.43. The van der Waals surface area contributed by atoms with Gasteiger partial charge in [0.15, 0.2) is 0 Å². The Kier molecular flexibility index (Phi) is 4.04. The summed E-state index contributed by atoms with van der Waals surface area (Å²) < 4.78 is 40.2. The van der Waals surface area contributed by atoms with Crippen molar-refractivity contribution in [2.45, 2.75) is 37.9 Å². The number of aromatic amines is 1. The smallest absolute Gasteiger partial charge is 0.357 e. The zero-order chi connectivity index (χ0) is 14.8. The summed E-state index contributed by atoms with van der Waals surface area (Å²) in [5, 5.41) is 3.36. The van der Waals surface area contributed by atoms with E-state index in [-0.39, 0.29) is 12.8 Å². The average Bonchev–Trinajstić information content (AvgIpc) is 2.78. The molecule has 2 rings (SSSR count). The van der Waals surface area contributed by atoms with Crippen LogP contribution in [0.4, 0.5) is 13.2 Å². The third kappa shape index (κ3) is 2.65. The molecule has 2 aromatic rings. The Bertz CT molecular complexity index is 543. The first-order chi connectivity index (χ1) is 9.42. The molecule has 0 spiro atoms. The Morgan fingerprint density at radius 2 is 2.10 bits per heavy atom. The van der Waals surface area contributed by atoms with Gasteiger partial charge in [0.2, 0.25) is 0 Å². The van der Waals surface area contributed by atoms with Crippen LogP contribution in [0.15, 0.2) is 24.5 Å². The van der Waals surface area contributed by atoms with Crippen LogP contribution in [-0.2, 0) is 6.42 Å². The molecule has 0 aliphatic heterocycles. The Labute approximate surface area is 115 Å². The molecule has 0 fully saturated rings. The van der Waals surface area contributed by atoms with Crippen molar-refractivity contribution in [3.05, 3.63) is 30.2 Å². The molecule has 0 aromatic carbocycles. The monoisotopic (exact) mass is 285 g/mol. The number of H-pyrrole nitrogens is 1. The molecule has 1 unspecified atom stereocenters. The lowest BCUT2D eigenvalue weighted by Gasteiger charge is -2.35. The second kappa shape index (κ2) is 5.44. The predicted molar refractivity (Wildman–Crippen MR) is 72.6 cm³/mol. The van der Waals surface area contributed by atoms with Crippen molar-refractivity contribution in [3.8, 4) is 0 Å². The fraction of sp³-hybridized carbons (Fsp3) is 0.500. The van der Waals surface area contributed by atoms with E-state index in [0.29, 0.717) is 12.1 Å². The van der Waals surface area contributed by atoms with Gasteiger partial charge in [0, 0.05) is 23.7 Å². The molecule has 0 saturated heterocycles. The highest BCUT2D eigenvalue weighted by atomic mass is 19.4. The van der Waals surface area contributed by atoms with E-state index in [2.05, 4.69) is 15.3 Å². The molecule has 0 saturated carbocycles. The number of rotatable bonds is 5. The second-order valence-corrected chi connectivity index (χ2v) is 5.01. The molecule has 2 aromatic heterocycles. The van der Waals surface area contributed by atoms with Crippen LogP contribution in [0.3, 0.4) is 0 Å². The first kappa shape index (κ1) is 14.8. The van der Waals surface area contributed by atoms with Gasteiger partial charge in [-0.15, -0.1) is 0 Å². The van der Waals surface area contributed by atoms with Crippen LogP contribution >= 0.6 is 0 Å². The zero-order valence-corrected chi connectivity index (χ0v) is 11.5. The number of nitrogens with zero attached hydrogens (tertiary/aromatic N) is 1. The van der Waals surface area contributed by atoms with E-state index in [9.17, 15) is 13.2 Å². The zero-order valence-electron chi connectivity index (χ0n) is 11.5. The van der Waals surface area contributed by atoms with Crippen LogP contribution in [-0.4, -0.2) is 28.7 Å². The molecule has 3 nitrogen and oxygen atoms in total. The third-order valence-corrected chi connectivity index (χ3v) is 3.67. The second-order valence-electron chi connectivity index (χ2n) is 5.01. The molecule has 6 heteroatoms. The standard InChI is InChI=1S/C14H18F3N3/c1-3-5-13(18-2,14(15,16)17)8-11-7-10-4-6-19-9-12(10)20-11/h4,6-7,9,18,20H,3,5,8H2,1-2H3. The number of halogens is 3. The van der Waals surface area contributed by atoms with Gasteiger partial charge in [-0.2, -0.15) is 13.2 Å². The highest BCUT2D eigenvalue weighted by molar-refractivity contribution is 5.79. The number of hydrogen-bond donors (Lipinski definition) is 2. The summed E-state index contributed by atoms with van der Waals surface area (Å²) in [6.45, 7) is 1.76. The molecule has 20 heavy (non-hydrogen) atoms. The molecule has 2 heterocycles. The minimum atomic E-state index is -4.30. The van der Waals surface area contributed by atoms with Gasteiger partial charge in [0.1, 0.15) is 5.54 Å². The summed E-state index contributed by atoms with van der Waals surface area (Å²) in [7, 11) is 1.37. The molecular formula is C14H18F3N3. The van der Waals surface area contributed by atoms with Gasteiger partial charge in [0.25, 0.3) is 0 Å². The van der Waals surface area contributed by atoms with E-state index in [1.807, 2.05) is 0 Å². The van der Waals surface area contributed by atoms with Gasteiger partial charge in [-0.05, 0) is 25.6 Å². The van der Waals surface area contributed by atoms with Crippen molar-refractivity contribution in [3.63, 3.8) is 0 Å². The fourth-order valence-corrected chi connectivity index (χ4v) is 2.56. The van der Waals surface area contributed by atoms with Crippen molar-refractivity contribution in [2.75, 3.05) is 7.05 Å². The van der Waals surface area contributed by atoms with Gasteiger partial charge >= 0.3 is 6.18 Å². The fourth-order valence-electron chi connectivity index (χ4n) is 2.56. The quantitative estimate of drug-likeness (QED) is 0.883. The molecule has 2 N–H and O–H groups in total. The molecule has 110 valence electrons. The number of nitrogens with one attached hydrogen (secondary N) is 2. The van der Waals surface area contributed by atoms with Crippen LogP contribution in [0.1, 0.15) is 25.5 Å². The first-order valence-corrected chi connectivity index (χ1v) is 6.59. The van der Waals surface area contributed by atoms with Crippen molar-refractivity contribution >= 4 is 10.9 Å². The number of alkyl halides is 3. The van der Waals surface area contributed by atoms with Crippen LogP contribution in [0.2, 0.25) is 0 Å². The lowest BCUT2D eigenvalue weighted by Crippen LogP contribution is -2.57. The van der Waals surface area contributed by atoms with E-state index in [4.69, 9.17) is 0 Å². The highest BCUT2D eigenvalue weighted by Gasteiger charge is 2.53. The van der Waals surface area contributed by atoms with Crippen molar-refractivity contribution in [2.24, 2.45) is 0 Å². The summed E-state index contributed by atoms with van der Waals surface area (Å²) in [6.07, 6.45) is -0.667. The first-order valence-electron chi connectivity index (χ1n) is 6.59. The maximum Gasteiger partial charge on any atom is 0.406 e. The molecule has 0 aliphatic rings. The van der Waals surface area contributed by atoms with E-state index in [1.165, 1.54) is 7.05 Å². The minimum Gasteiger partial charge on any atom is -0.357 e. The number of fused-ring (bicyclic) bond motifs is 1. The maximum absolute atomic E-state index is 13.4. The van der Waals surface area contributed by atoms with E-state index in [0.717, 1.165) is 10.9 Å². The van der Waals surface area contributed by atoms with Crippen LogP contribution in [0.5, 0.6) is 0 Å². The summed E-state index contributed by atoms with van der Waals surface area (Å²) >= 11 is 0. The van der Waals surface area contributed by atoms with Crippen LogP contribution in [0, 0.1) is 0 Å². The Hall–Kier alpha value is -1.56. The van der Waals surface area contributed by atoms with E-state index < -0.39 is 11.7 Å². The van der Waals surface area contributed by atoms with Crippen molar-refractivity contribution in [1.82, 2.24) is 15.3 Å². The summed E-state index contributed by atoms with van der Waals surface area (Å²) in [4.78, 5) is 6.97. The van der Waals surface area contributed by atoms with Gasteiger partial charge in [-0.25, -0.2) is 0 Å². The molecule has 0 aliphatic carbocycles.